The smallest absolute Gasteiger partial charge is 0.335 e. The molecular formula is C33H25N3O4S. The Morgan fingerprint density at radius 3 is 2.20 bits per heavy atom. The highest BCUT2D eigenvalue weighted by Crippen LogP contribution is 2.40. The SMILES string of the molecule is Cc1cc(C(=O)Nc2cc(Nc3c4sc5ccccc5nc-4c4ccccc4c3=O)cc(C(=O)O)c2)cc(C)c1C. The van der Waals surface area contributed by atoms with E-state index in [-0.39, 0.29) is 22.6 Å². The van der Waals surface area contributed by atoms with Gasteiger partial charge in [-0.3, -0.25) is 9.59 Å². The molecule has 1 aliphatic heterocycles. The van der Waals surface area contributed by atoms with Gasteiger partial charge in [-0.25, -0.2) is 9.78 Å². The zero-order valence-electron chi connectivity index (χ0n) is 22.5. The molecule has 0 unspecified atom stereocenters. The average Bonchev–Trinajstić information content (AvgIpc) is 2.96. The number of aromatic nitrogens is 1. The molecule has 4 aromatic rings. The van der Waals surface area contributed by atoms with Crippen LogP contribution in [0.3, 0.4) is 0 Å². The van der Waals surface area contributed by atoms with Crippen LogP contribution in [0.2, 0.25) is 0 Å². The summed E-state index contributed by atoms with van der Waals surface area (Å²) in [5.74, 6) is -1.52. The number of carbonyl (C=O) groups is 2. The van der Waals surface area contributed by atoms with Gasteiger partial charge < -0.3 is 15.7 Å². The van der Waals surface area contributed by atoms with Gasteiger partial charge in [-0.1, -0.05) is 36.4 Å². The summed E-state index contributed by atoms with van der Waals surface area (Å²) in [6.07, 6.45) is 0. The van der Waals surface area contributed by atoms with Gasteiger partial charge in [0.05, 0.1) is 26.4 Å². The summed E-state index contributed by atoms with van der Waals surface area (Å²) in [5, 5.41) is 17.1. The predicted octanol–water partition coefficient (Wildman–Crippen LogP) is 7.53. The van der Waals surface area contributed by atoms with Crippen molar-refractivity contribution < 1.29 is 14.7 Å². The number of carbonyl (C=O) groups excluding carboxylic acids is 1. The molecule has 0 radical (unpaired) electrons. The van der Waals surface area contributed by atoms with Gasteiger partial charge in [0.2, 0.25) is 5.43 Å². The van der Waals surface area contributed by atoms with Crippen molar-refractivity contribution in [2.24, 2.45) is 0 Å². The highest BCUT2D eigenvalue weighted by Gasteiger charge is 2.21. The van der Waals surface area contributed by atoms with E-state index in [9.17, 15) is 19.5 Å². The van der Waals surface area contributed by atoms with E-state index >= 15 is 0 Å². The van der Waals surface area contributed by atoms with Gasteiger partial charge in [0.25, 0.3) is 5.91 Å². The molecule has 0 atom stereocenters. The minimum absolute atomic E-state index is 0.0358. The largest absolute Gasteiger partial charge is 0.478 e. The number of anilines is 3. The van der Waals surface area contributed by atoms with Crippen molar-refractivity contribution in [1.29, 1.82) is 0 Å². The Balaban J connectivity index is 1.47. The van der Waals surface area contributed by atoms with Crippen LogP contribution in [-0.2, 0) is 0 Å². The third-order valence-electron chi connectivity index (χ3n) is 7.30. The zero-order valence-corrected chi connectivity index (χ0v) is 23.3. The number of para-hydroxylation sites is 1. The molecule has 0 aromatic heterocycles. The van der Waals surface area contributed by atoms with Crippen molar-refractivity contribution in [3.63, 3.8) is 0 Å². The van der Waals surface area contributed by atoms with Crippen LogP contribution in [0.25, 0.3) is 31.6 Å². The van der Waals surface area contributed by atoms with E-state index in [0.29, 0.717) is 32.9 Å². The van der Waals surface area contributed by atoms with Gasteiger partial charge in [0.1, 0.15) is 5.69 Å². The molecule has 8 heteroatoms. The van der Waals surface area contributed by atoms with Crippen LogP contribution in [-0.4, -0.2) is 22.0 Å². The molecule has 0 saturated heterocycles. The van der Waals surface area contributed by atoms with Gasteiger partial charge in [0, 0.05) is 27.7 Å². The fraction of sp³-hybridized carbons (Fsp3) is 0.0909. The number of amides is 1. The molecule has 0 fully saturated rings. The number of nitrogens with one attached hydrogen (secondary N) is 2. The van der Waals surface area contributed by atoms with E-state index in [0.717, 1.165) is 32.3 Å². The number of nitrogens with zero attached hydrogens (tertiary/aromatic N) is 1. The number of aromatic carboxylic acids is 1. The monoisotopic (exact) mass is 559 g/mol. The Kier molecular flexibility index (Phi) is 6.47. The number of benzene rings is 5. The van der Waals surface area contributed by atoms with Gasteiger partial charge in [-0.05, 0) is 79.9 Å². The van der Waals surface area contributed by atoms with Crippen molar-refractivity contribution in [3.8, 4) is 10.6 Å². The summed E-state index contributed by atoms with van der Waals surface area (Å²) in [7, 11) is 0. The lowest BCUT2D eigenvalue weighted by Gasteiger charge is -2.17. The Hall–Kier alpha value is -5.08. The van der Waals surface area contributed by atoms with Crippen LogP contribution in [0, 0.1) is 20.8 Å². The number of fused-ring (bicyclic) bond motifs is 4. The highest BCUT2D eigenvalue weighted by molar-refractivity contribution is 7.22. The maximum atomic E-state index is 13.8. The Morgan fingerprint density at radius 2 is 1.46 bits per heavy atom. The van der Waals surface area contributed by atoms with Crippen LogP contribution in [0.15, 0.2) is 83.7 Å². The summed E-state index contributed by atoms with van der Waals surface area (Å²) >= 11 is 1.44. The summed E-state index contributed by atoms with van der Waals surface area (Å²) in [4.78, 5) is 44.5. The molecule has 1 aliphatic carbocycles. The van der Waals surface area contributed by atoms with E-state index in [1.54, 1.807) is 18.2 Å². The third-order valence-corrected chi connectivity index (χ3v) is 8.47. The molecule has 41 heavy (non-hydrogen) atoms. The average molecular weight is 560 g/mol. The first kappa shape index (κ1) is 26.2. The summed E-state index contributed by atoms with van der Waals surface area (Å²) in [6, 6.07) is 23.1. The lowest BCUT2D eigenvalue weighted by Crippen LogP contribution is -2.15. The molecule has 3 N–H and O–H groups in total. The fourth-order valence-electron chi connectivity index (χ4n) is 4.97. The number of carboxylic acids is 1. The van der Waals surface area contributed by atoms with Crippen molar-refractivity contribution in [2.45, 2.75) is 20.8 Å². The fourth-order valence-corrected chi connectivity index (χ4v) is 6.05. The number of hydrogen-bond donors (Lipinski definition) is 3. The van der Waals surface area contributed by atoms with Gasteiger partial charge >= 0.3 is 5.97 Å². The standard InChI is InChI=1S/C33H25N3O4S/c1-17-12-20(13-18(2)19(17)3)32(38)35-23-15-21(33(39)40)14-22(16-23)34-29-30(37)25-9-5-4-8-24(25)28-31(29)41-27-11-7-6-10-26(27)36-28/h4-16,34H,1-3H3,(H,35,38)(H,39,40). The number of rotatable bonds is 5. The van der Waals surface area contributed by atoms with Gasteiger partial charge in [-0.15, -0.1) is 11.3 Å². The van der Waals surface area contributed by atoms with E-state index < -0.39 is 5.97 Å². The number of carboxylic acid groups (broad SMARTS) is 1. The molecule has 1 amide bonds. The lowest BCUT2D eigenvalue weighted by atomic mass is 10.00. The first-order valence-electron chi connectivity index (χ1n) is 13.0. The minimum atomic E-state index is -1.16. The summed E-state index contributed by atoms with van der Waals surface area (Å²) in [6.45, 7) is 5.89. The maximum absolute atomic E-state index is 13.8. The van der Waals surface area contributed by atoms with Crippen LogP contribution in [0.5, 0.6) is 0 Å². The first-order chi connectivity index (χ1) is 19.7. The minimum Gasteiger partial charge on any atom is -0.478 e. The van der Waals surface area contributed by atoms with E-state index in [1.807, 2.05) is 69.3 Å². The normalized spacial score (nSPS) is 11.2. The van der Waals surface area contributed by atoms with E-state index in [1.165, 1.54) is 23.5 Å². The molecular weight excluding hydrogens is 534 g/mol. The first-order valence-corrected chi connectivity index (χ1v) is 13.8. The molecule has 6 rings (SSSR count). The van der Waals surface area contributed by atoms with Crippen molar-refractivity contribution >= 4 is 61.3 Å². The second-order valence-electron chi connectivity index (χ2n) is 10.0. The topological polar surface area (TPSA) is 108 Å². The molecule has 4 aromatic carbocycles. The van der Waals surface area contributed by atoms with Crippen LogP contribution >= 0.6 is 11.3 Å². The quantitative estimate of drug-likeness (QED) is 0.149. The van der Waals surface area contributed by atoms with E-state index in [2.05, 4.69) is 10.6 Å². The van der Waals surface area contributed by atoms with Gasteiger partial charge in [-0.2, -0.15) is 0 Å². The summed E-state index contributed by atoms with van der Waals surface area (Å²) < 4.78 is 0.911. The zero-order chi connectivity index (χ0) is 28.8. The molecule has 7 nitrogen and oxygen atoms in total. The van der Waals surface area contributed by atoms with Crippen LogP contribution in [0.1, 0.15) is 37.4 Å². The lowest BCUT2D eigenvalue weighted by molar-refractivity contribution is 0.0696. The third kappa shape index (κ3) is 4.79. The Morgan fingerprint density at radius 1 is 0.805 bits per heavy atom. The second-order valence-corrected chi connectivity index (χ2v) is 11.1. The molecule has 0 spiro atoms. The van der Waals surface area contributed by atoms with Crippen molar-refractivity contribution in [3.05, 3.63) is 117 Å². The maximum Gasteiger partial charge on any atom is 0.335 e. The number of aryl methyl sites for hydroxylation is 2. The summed E-state index contributed by atoms with van der Waals surface area (Å²) in [5.41, 5.74) is 5.75. The molecule has 1 heterocycles. The molecule has 2 aliphatic rings. The highest BCUT2D eigenvalue weighted by atomic mass is 32.1. The molecule has 202 valence electrons. The van der Waals surface area contributed by atoms with E-state index in [4.69, 9.17) is 4.98 Å². The van der Waals surface area contributed by atoms with Crippen LogP contribution in [0.4, 0.5) is 17.1 Å². The Labute approximate surface area is 239 Å². The van der Waals surface area contributed by atoms with Crippen molar-refractivity contribution in [2.75, 3.05) is 10.6 Å². The van der Waals surface area contributed by atoms with Crippen molar-refractivity contribution in [1.82, 2.24) is 4.98 Å². The molecule has 0 saturated carbocycles. The Bertz CT molecular complexity index is 2040. The second kappa shape index (κ2) is 10.1. The predicted molar refractivity (Wildman–Crippen MR) is 165 cm³/mol. The van der Waals surface area contributed by atoms with Crippen LogP contribution < -0.4 is 16.1 Å². The number of hydrogen-bond acceptors (Lipinski definition) is 6. The molecule has 0 bridgehead atoms. The van der Waals surface area contributed by atoms with Gasteiger partial charge in [0.15, 0.2) is 0 Å².